The summed E-state index contributed by atoms with van der Waals surface area (Å²) >= 11 is 5.95. The Labute approximate surface area is 183 Å². The summed E-state index contributed by atoms with van der Waals surface area (Å²) in [4.78, 5) is 25.0. The first kappa shape index (κ1) is 23.4. The summed E-state index contributed by atoms with van der Waals surface area (Å²) in [5, 5.41) is 3.61. The second kappa shape index (κ2) is 12.7. The maximum atomic E-state index is 12.9. The van der Waals surface area contributed by atoms with Gasteiger partial charge in [0.25, 0.3) is 0 Å². The lowest BCUT2D eigenvalue weighted by molar-refractivity contribution is -0.150. The molecule has 0 radical (unpaired) electrons. The number of esters is 1. The van der Waals surface area contributed by atoms with Crippen molar-refractivity contribution in [2.45, 2.75) is 31.8 Å². The molecule has 0 aliphatic rings. The number of ether oxygens (including phenoxy) is 1. The molecule has 0 unspecified atom stereocenters. The molecule has 0 aromatic heterocycles. The number of allylic oxidation sites excluding steroid dienone is 2. The number of halogens is 1. The molecular formula is C25H28ClNO3. The van der Waals surface area contributed by atoms with Gasteiger partial charge in [-0.3, -0.25) is 9.59 Å². The molecule has 0 saturated heterocycles. The summed E-state index contributed by atoms with van der Waals surface area (Å²) in [6.45, 7) is 7.60. The predicted octanol–water partition coefficient (Wildman–Crippen LogP) is 5.44. The van der Waals surface area contributed by atoms with Crippen molar-refractivity contribution in [2.24, 2.45) is 5.92 Å². The Morgan fingerprint density at radius 2 is 1.73 bits per heavy atom. The molecule has 0 bridgehead atoms. The van der Waals surface area contributed by atoms with Crippen molar-refractivity contribution in [3.63, 3.8) is 0 Å². The van der Waals surface area contributed by atoms with E-state index in [2.05, 4.69) is 18.5 Å². The molecule has 5 heteroatoms. The third kappa shape index (κ3) is 7.88. The third-order valence-corrected chi connectivity index (χ3v) is 4.93. The van der Waals surface area contributed by atoms with Crippen molar-refractivity contribution < 1.29 is 14.3 Å². The summed E-state index contributed by atoms with van der Waals surface area (Å²) in [6.07, 6.45) is 4.80. The number of carbonyl (C=O) groups excluding carboxylic acids is 2. The van der Waals surface area contributed by atoms with E-state index in [0.717, 1.165) is 11.1 Å². The SMILES string of the molecule is C=CCCC(=O)O[C@@H](CNC(=O)[C@@H](CC=C)Cc1ccc(Cl)cc1)c1ccccc1. The summed E-state index contributed by atoms with van der Waals surface area (Å²) < 4.78 is 5.62. The van der Waals surface area contributed by atoms with E-state index in [1.54, 1.807) is 12.2 Å². The molecular weight excluding hydrogens is 398 g/mol. The molecule has 0 spiro atoms. The van der Waals surface area contributed by atoms with Crippen molar-refractivity contribution in [3.8, 4) is 0 Å². The van der Waals surface area contributed by atoms with Gasteiger partial charge in [0.2, 0.25) is 5.91 Å². The van der Waals surface area contributed by atoms with Gasteiger partial charge in [-0.2, -0.15) is 0 Å². The van der Waals surface area contributed by atoms with E-state index >= 15 is 0 Å². The van der Waals surface area contributed by atoms with Crippen LogP contribution in [0.4, 0.5) is 0 Å². The Bertz CT molecular complexity index is 833. The summed E-state index contributed by atoms with van der Waals surface area (Å²) in [6, 6.07) is 16.9. The number of carbonyl (C=O) groups is 2. The fraction of sp³-hybridized carbons (Fsp3) is 0.280. The van der Waals surface area contributed by atoms with E-state index in [1.165, 1.54) is 0 Å². The molecule has 0 aliphatic heterocycles. The van der Waals surface area contributed by atoms with E-state index in [-0.39, 0.29) is 30.8 Å². The Morgan fingerprint density at radius 1 is 1.03 bits per heavy atom. The number of amides is 1. The number of hydrogen-bond acceptors (Lipinski definition) is 3. The first-order valence-electron chi connectivity index (χ1n) is 10.0. The molecule has 2 aromatic rings. The minimum absolute atomic E-state index is 0.104. The zero-order valence-electron chi connectivity index (χ0n) is 17.1. The van der Waals surface area contributed by atoms with Gasteiger partial charge in [0.1, 0.15) is 6.10 Å². The van der Waals surface area contributed by atoms with Gasteiger partial charge in [-0.05, 0) is 42.5 Å². The molecule has 2 aromatic carbocycles. The van der Waals surface area contributed by atoms with Crippen molar-refractivity contribution in [1.29, 1.82) is 0 Å². The van der Waals surface area contributed by atoms with Crippen LogP contribution in [0.25, 0.3) is 0 Å². The monoisotopic (exact) mass is 425 g/mol. The van der Waals surface area contributed by atoms with E-state index in [9.17, 15) is 9.59 Å². The zero-order chi connectivity index (χ0) is 21.8. The molecule has 30 heavy (non-hydrogen) atoms. The van der Waals surface area contributed by atoms with Gasteiger partial charge < -0.3 is 10.1 Å². The Hall–Kier alpha value is -2.85. The van der Waals surface area contributed by atoms with E-state index in [0.29, 0.717) is 24.3 Å². The summed E-state index contributed by atoms with van der Waals surface area (Å²) in [5.74, 6) is -0.689. The summed E-state index contributed by atoms with van der Waals surface area (Å²) in [5.41, 5.74) is 1.86. The highest BCUT2D eigenvalue weighted by Gasteiger charge is 2.21. The smallest absolute Gasteiger partial charge is 0.306 e. The van der Waals surface area contributed by atoms with Crippen LogP contribution in [0.5, 0.6) is 0 Å². The van der Waals surface area contributed by atoms with Crippen LogP contribution in [0.15, 0.2) is 79.9 Å². The lowest BCUT2D eigenvalue weighted by atomic mass is 9.95. The van der Waals surface area contributed by atoms with Crippen molar-refractivity contribution in [1.82, 2.24) is 5.32 Å². The van der Waals surface area contributed by atoms with Crippen LogP contribution >= 0.6 is 11.6 Å². The molecule has 0 heterocycles. The molecule has 0 aliphatic carbocycles. The normalized spacial score (nSPS) is 12.4. The van der Waals surface area contributed by atoms with Gasteiger partial charge >= 0.3 is 5.97 Å². The van der Waals surface area contributed by atoms with Gasteiger partial charge in [-0.25, -0.2) is 0 Å². The van der Waals surface area contributed by atoms with Crippen LogP contribution in [0.2, 0.25) is 5.02 Å². The zero-order valence-corrected chi connectivity index (χ0v) is 17.8. The average molecular weight is 426 g/mol. The highest BCUT2D eigenvalue weighted by Crippen LogP contribution is 2.20. The fourth-order valence-electron chi connectivity index (χ4n) is 3.06. The van der Waals surface area contributed by atoms with Crippen molar-refractivity contribution >= 4 is 23.5 Å². The lowest BCUT2D eigenvalue weighted by Crippen LogP contribution is -2.35. The minimum atomic E-state index is -0.549. The molecule has 2 rings (SSSR count). The average Bonchev–Trinajstić information content (AvgIpc) is 2.76. The fourth-order valence-corrected chi connectivity index (χ4v) is 3.19. The number of hydrogen-bond donors (Lipinski definition) is 1. The lowest BCUT2D eigenvalue weighted by Gasteiger charge is -2.21. The molecule has 0 saturated carbocycles. The summed E-state index contributed by atoms with van der Waals surface area (Å²) in [7, 11) is 0. The predicted molar refractivity (Wildman–Crippen MR) is 121 cm³/mol. The first-order chi connectivity index (χ1) is 14.5. The maximum absolute atomic E-state index is 12.9. The standard InChI is InChI=1S/C25H28ClNO3/c1-3-5-12-24(28)30-23(20-10-7-6-8-11-20)18-27-25(29)21(9-4-2)17-19-13-15-22(26)16-14-19/h3-4,6-8,10-11,13-16,21,23H,1-2,5,9,12,17-18H2,(H,27,29)/t21-,23-/m0/s1. The van der Waals surface area contributed by atoms with Crippen LogP contribution in [0, 0.1) is 5.92 Å². The molecule has 2 atom stereocenters. The second-order valence-corrected chi connectivity index (χ2v) is 7.45. The van der Waals surface area contributed by atoms with Gasteiger partial charge in [0.15, 0.2) is 0 Å². The first-order valence-corrected chi connectivity index (χ1v) is 10.4. The quantitative estimate of drug-likeness (QED) is 0.363. The largest absolute Gasteiger partial charge is 0.456 e. The molecule has 4 nitrogen and oxygen atoms in total. The Kier molecular flexibility index (Phi) is 9.88. The van der Waals surface area contributed by atoms with Crippen molar-refractivity contribution in [2.75, 3.05) is 6.54 Å². The molecule has 0 fully saturated rings. The van der Waals surface area contributed by atoms with Gasteiger partial charge in [-0.15, -0.1) is 13.2 Å². The van der Waals surface area contributed by atoms with Crippen LogP contribution in [-0.2, 0) is 20.7 Å². The number of nitrogens with one attached hydrogen (secondary N) is 1. The van der Waals surface area contributed by atoms with E-state index in [4.69, 9.17) is 16.3 Å². The van der Waals surface area contributed by atoms with Crippen LogP contribution in [0.3, 0.4) is 0 Å². The van der Waals surface area contributed by atoms with Gasteiger partial charge in [0.05, 0.1) is 6.54 Å². The van der Waals surface area contributed by atoms with Gasteiger partial charge in [0, 0.05) is 17.4 Å². The van der Waals surface area contributed by atoms with Crippen LogP contribution in [0.1, 0.15) is 36.5 Å². The molecule has 158 valence electrons. The highest BCUT2D eigenvalue weighted by atomic mass is 35.5. The van der Waals surface area contributed by atoms with Gasteiger partial charge in [-0.1, -0.05) is 66.2 Å². The number of rotatable bonds is 12. The van der Waals surface area contributed by atoms with Crippen LogP contribution in [-0.4, -0.2) is 18.4 Å². The topological polar surface area (TPSA) is 55.4 Å². The highest BCUT2D eigenvalue weighted by molar-refractivity contribution is 6.30. The Morgan fingerprint density at radius 3 is 2.37 bits per heavy atom. The minimum Gasteiger partial charge on any atom is -0.456 e. The number of benzene rings is 2. The second-order valence-electron chi connectivity index (χ2n) is 7.01. The van der Waals surface area contributed by atoms with E-state index < -0.39 is 6.10 Å². The molecule has 1 N–H and O–H groups in total. The Balaban J connectivity index is 2.03. The molecule has 1 amide bonds. The van der Waals surface area contributed by atoms with Crippen LogP contribution < -0.4 is 5.32 Å². The third-order valence-electron chi connectivity index (χ3n) is 4.68. The van der Waals surface area contributed by atoms with E-state index in [1.807, 2.05) is 54.6 Å². The van der Waals surface area contributed by atoms with Crippen molar-refractivity contribution in [3.05, 3.63) is 96.1 Å². The maximum Gasteiger partial charge on any atom is 0.306 e.